The van der Waals surface area contributed by atoms with Gasteiger partial charge in [0.15, 0.2) is 5.65 Å². The van der Waals surface area contributed by atoms with Crippen molar-refractivity contribution in [3.8, 4) is 11.3 Å². The molecule has 1 fully saturated rings. The molecule has 5 rings (SSSR count). The molecular formula is C25H23BrClN5OS. The Bertz CT molecular complexity index is 1350. The first-order valence-corrected chi connectivity index (χ1v) is 13.4. The smallest absolute Gasteiger partial charge is 0.254 e. The average molecular weight is 557 g/mol. The number of nitrogens with zero attached hydrogens (tertiary/aromatic N) is 4. The monoisotopic (exact) mass is 555 g/mol. The third kappa shape index (κ3) is 4.54. The van der Waals surface area contributed by atoms with E-state index >= 15 is 0 Å². The van der Waals surface area contributed by atoms with Crippen LogP contribution < -0.4 is 5.32 Å². The highest BCUT2D eigenvalue weighted by Gasteiger charge is 2.26. The highest BCUT2D eigenvalue weighted by molar-refractivity contribution is 9.10. The topological polar surface area (TPSA) is 62.5 Å². The molecular weight excluding hydrogens is 534 g/mol. The summed E-state index contributed by atoms with van der Waals surface area (Å²) in [4.78, 5) is 20.9. The van der Waals surface area contributed by atoms with Crippen molar-refractivity contribution >= 4 is 56.7 Å². The number of halogens is 2. The van der Waals surface area contributed by atoms with Gasteiger partial charge in [0, 0.05) is 40.7 Å². The van der Waals surface area contributed by atoms with E-state index in [1.165, 1.54) is 0 Å². The first-order chi connectivity index (χ1) is 16.5. The molecule has 1 aliphatic heterocycles. The van der Waals surface area contributed by atoms with Crippen LogP contribution in [0.25, 0.3) is 16.9 Å². The van der Waals surface area contributed by atoms with Crippen molar-refractivity contribution in [3.63, 3.8) is 0 Å². The van der Waals surface area contributed by atoms with Gasteiger partial charge in [0.05, 0.1) is 21.9 Å². The van der Waals surface area contributed by atoms with Crippen molar-refractivity contribution in [1.29, 1.82) is 0 Å². The number of piperidine rings is 1. The molecule has 4 aromatic rings. The maximum atomic E-state index is 13.1. The molecule has 2 aromatic heterocycles. The molecule has 0 radical (unpaired) electrons. The fraction of sp³-hybridized carbons (Fsp3) is 0.240. The minimum absolute atomic E-state index is 0.103. The van der Waals surface area contributed by atoms with Gasteiger partial charge in [0.1, 0.15) is 5.82 Å². The summed E-state index contributed by atoms with van der Waals surface area (Å²) >= 11 is 11.6. The Morgan fingerprint density at radius 2 is 1.88 bits per heavy atom. The van der Waals surface area contributed by atoms with Crippen LogP contribution in [0.3, 0.4) is 0 Å². The fourth-order valence-corrected chi connectivity index (χ4v) is 5.44. The molecule has 3 heterocycles. The summed E-state index contributed by atoms with van der Waals surface area (Å²) in [6.07, 6.45) is 5.44. The Labute approximate surface area is 215 Å². The second kappa shape index (κ2) is 9.98. The van der Waals surface area contributed by atoms with Crippen molar-refractivity contribution < 1.29 is 4.79 Å². The van der Waals surface area contributed by atoms with Gasteiger partial charge in [-0.2, -0.15) is 9.61 Å². The summed E-state index contributed by atoms with van der Waals surface area (Å²) in [6, 6.07) is 17.7. The average Bonchev–Trinajstić information content (AvgIpc) is 3.25. The third-order valence-electron chi connectivity index (χ3n) is 6.05. The van der Waals surface area contributed by atoms with E-state index in [-0.39, 0.29) is 11.9 Å². The van der Waals surface area contributed by atoms with E-state index in [1.54, 1.807) is 22.5 Å². The second-order valence-electron chi connectivity index (χ2n) is 8.15. The molecule has 0 spiro atoms. The van der Waals surface area contributed by atoms with Crippen LogP contribution in [-0.2, 0) is 0 Å². The summed E-state index contributed by atoms with van der Waals surface area (Å²) in [5, 5.41) is 8.78. The number of hydrogen-bond donors (Lipinski definition) is 1. The second-order valence-corrected chi connectivity index (χ2v) is 10.3. The molecule has 0 aliphatic carbocycles. The number of likely N-dealkylation sites (tertiary alicyclic amines) is 1. The Morgan fingerprint density at radius 3 is 2.65 bits per heavy atom. The normalized spacial score (nSPS) is 14.5. The van der Waals surface area contributed by atoms with Crippen LogP contribution in [0.4, 0.5) is 5.82 Å². The molecule has 34 heavy (non-hydrogen) atoms. The number of rotatable bonds is 5. The van der Waals surface area contributed by atoms with Crippen LogP contribution in [0.1, 0.15) is 23.2 Å². The van der Waals surface area contributed by atoms with Gasteiger partial charge < -0.3 is 10.2 Å². The van der Waals surface area contributed by atoms with E-state index in [1.807, 2.05) is 65.8 Å². The molecule has 1 amide bonds. The first-order valence-electron chi connectivity index (χ1n) is 11.0. The lowest BCUT2D eigenvalue weighted by Gasteiger charge is -2.33. The Kier molecular flexibility index (Phi) is 6.81. The standard InChI is InChI=1S/C25H23BrClN5OS/c1-34-22-9-5-3-7-18(22)25(33)31-12-10-16(11-13-31)29-23-14-21(17-6-2-4-8-20(17)27)30-24-19(26)15-28-32(23)24/h2-9,14-16,29H,10-13H2,1H3. The van der Waals surface area contributed by atoms with E-state index in [0.29, 0.717) is 18.1 Å². The minimum atomic E-state index is 0.103. The number of carbonyl (C=O) groups excluding carboxylic acids is 1. The van der Waals surface area contributed by atoms with Crippen LogP contribution in [0.5, 0.6) is 0 Å². The Balaban J connectivity index is 1.35. The largest absolute Gasteiger partial charge is 0.367 e. The number of thioether (sulfide) groups is 1. The molecule has 1 saturated heterocycles. The molecule has 1 aliphatic rings. The van der Waals surface area contributed by atoms with Gasteiger partial charge >= 0.3 is 0 Å². The van der Waals surface area contributed by atoms with Gasteiger partial charge in [0.2, 0.25) is 0 Å². The van der Waals surface area contributed by atoms with Crippen molar-refractivity contribution in [2.75, 3.05) is 24.7 Å². The van der Waals surface area contributed by atoms with Crippen LogP contribution >= 0.6 is 39.3 Å². The van der Waals surface area contributed by atoms with E-state index in [2.05, 4.69) is 26.3 Å². The van der Waals surface area contributed by atoms with Crippen molar-refractivity contribution in [1.82, 2.24) is 19.5 Å². The van der Waals surface area contributed by atoms with Crippen LogP contribution in [0.15, 0.2) is 70.2 Å². The number of amides is 1. The number of nitrogens with one attached hydrogen (secondary N) is 1. The van der Waals surface area contributed by atoms with Gasteiger partial charge in [-0.25, -0.2) is 4.98 Å². The fourth-order valence-electron chi connectivity index (χ4n) is 4.27. The maximum Gasteiger partial charge on any atom is 0.254 e. The Hall–Kier alpha value is -2.55. The SMILES string of the molecule is CSc1ccccc1C(=O)N1CCC(Nc2cc(-c3ccccc3Cl)nc3c(Br)cnn23)CC1. The molecule has 1 N–H and O–H groups in total. The van der Waals surface area contributed by atoms with Crippen LogP contribution in [0.2, 0.25) is 5.02 Å². The predicted molar refractivity (Wildman–Crippen MR) is 142 cm³/mol. The summed E-state index contributed by atoms with van der Waals surface area (Å²) < 4.78 is 2.62. The number of benzene rings is 2. The van der Waals surface area contributed by atoms with E-state index < -0.39 is 0 Å². The summed E-state index contributed by atoms with van der Waals surface area (Å²) in [5.74, 6) is 0.954. The minimum Gasteiger partial charge on any atom is -0.367 e. The number of anilines is 1. The molecule has 0 atom stereocenters. The van der Waals surface area contributed by atoms with Crippen molar-refractivity contribution in [2.24, 2.45) is 0 Å². The summed E-state index contributed by atoms with van der Waals surface area (Å²) in [6.45, 7) is 1.40. The van der Waals surface area contributed by atoms with Gasteiger partial charge in [-0.3, -0.25) is 4.79 Å². The number of fused-ring (bicyclic) bond motifs is 1. The molecule has 9 heteroatoms. The van der Waals surface area contributed by atoms with Crippen LogP contribution in [0, 0.1) is 0 Å². The van der Waals surface area contributed by atoms with E-state index in [4.69, 9.17) is 16.6 Å². The van der Waals surface area contributed by atoms with Crippen molar-refractivity contribution in [3.05, 3.63) is 75.9 Å². The van der Waals surface area contributed by atoms with Gasteiger partial charge in [0.25, 0.3) is 5.91 Å². The zero-order valence-corrected chi connectivity index (χ0v) is 21.7. The highest BCUT2D eigenvalue weighted by atomic mass is 79.9. The Morgan fingerprint density at radius 1 is 1.15 bits per heavy atom. The lowest BCUT2D eigenvalue weighted by atomic mass is 10.0. The lowest BCUT2D eigenvalue weighted by molar-refractivity contribution is 0.0715. The molecule has 174 valence electrons. The molecule has 0 unspecified atom stereocenters. The third-order valence-corrected chi connectivity index (χ3v) is 7.73. The lowest BCUT2D eigenvalue weighted by Crippen LogP contribution is -2.42. The number of aromatic nitrogens is 3. The zero-order valence-electron chi connectivity index (χ0n) is 18.5. The first kappa shape index (κ1) is 23.2. The van der Waals surface area contributed by atoms with Crippen molar-refractivity contribution in [2.45, 2.75) is 23.8 Å². The molecule has 2 aromatic carbocycles. The highest BCUT2D eigenvalue weighted by Crippen LogP contribution is 2.31. The van der Waals surface area contributed by atoms with Gasteiger partial charge in [-0.05, 0) is 53.2 Å². The zero-order chi connectivity index (χ0) is 23.7. The van der Waals surface area contributed by atoms with E-state index in [0.717, 1.165) is 50.5 Å². The quantitative estimate of drug-likeness (QED) is 0.294. The summed E-state index contributed by atoms with van der Waals surface area (Å²) in [7, 11) is 0. The van der Waals surface area contributed by atoms with E-state index in [9.17, 15) is 4.79 Å². The number of hydrogen-bond acceptors (Lipinski definition) is 5. The van der Waals surface area contributed by atoms with Gasteiger partial charge in [-0.1, -0.05) is 41.9 Å². The molecule has 0 bridgehead atoms. The molecule has 6 nitrogen and oxygen atoms in total. The molecule has 0 saturated carbocycles. The summed E-state index contributed by atoms with van der Waals surface area (Å²) in [5.41, 5.74) is 3.16. The van der Waals surface area contributed by atoms with Crippen LogP contribution in [-0.4, -0.2) is 50.8 Å². The predicted octanol–water partition coefficient (Wildman–Crippen LogP) is 6.25. The maximum absolute atomic E-state index is 13.1. The number of carbonyl (C=O) groups is 1. The van der Waals surface area contributed by atoms with Gasteiger partial charge in [-0.15, -0.1) is 11.8 Å².